The van der Waals surface area contributed by atoms with Gasteiger partial charge in [-0.05, 0) is 50.7 Å². The van der Waals surface area contributed by atoms with Gasteiger partial charge in [-0.25, -0.2) is 18.7 Å². The van der Waals surface area contributed by atoms with Crippen molar-refractivity contribution in [3.8, 4) is 5.75 Å². The predicted octanol–water partition coefficient (Wildman–Crippen LogP) is 4.30. The zero-order chi connectivity index (χ0) is 18.9. The Kier molecular flexibility index (Phi) is 5.12. The molecule has 0 amide bonds. The molecule has 146 valence electrons. The van der Waals surface area contributed by atoms with Crippen LogP contribution in [0, 0.1) is 0 Å². The highest BCUT2D eigenvalue weighted by Gasteiger charge is 2.35. The van der Waals surface area contributed by atoms with Crippen LogP contribution >= 0.6 is 0 Å². The molecule has 0 bridgehead atoms. The Labute approximate surface area is 157 Å². The quantitative estimate of drug-likeness (QED) is 0.831. The molecule has 0 saturated heterocycles. The molecule has 0 spiro atoms. The Morgan fingerprint density at radius 3 is 2.56 bits per heavy atom. The monoisotopic (exact) mass is 377 g/mol. The van der Waals surface area contributed by atoms with Crippen LogP contribution in [0.1, 0.15) is 51.4 Å². The maximum atomic E-state index is 13.3. The second-order valence-corrected chi connectivity index (χ2v) is 7.74. The van der Waals surface area contributed by atoms with Gasteiger partial charge >= 0.3 is 0 Å². The van der Waals surface area contributed by atoms with E-state index in [1.165, 1.54) is 0 Å². The number of rotatable bonds is 4. The van der Waals surface area contributed by atoms with E-state index >= 15 is 0 Å². The van der Waals surface area contributed by atoms with Crippen molar-refractivity contribution in [2.24, 2.45) is 0 Å². The average Bonchev–Trinajstić information content (AvgIpc) is 2.65. The molecular formula is C20H25F2N3O2. The van der Waals surface area contributed by atoms with E-state index in [1.807, 2.05) is 18.2 Å². The second kappa shape index (κ2) is 7.54. The maximum absolute atomic E-state index is 13.3. The molecule has 2 fully saturated rings. The molecule has 1 aromatic heterocycles. The van der Waals surface area contributed by atoms with E-state index in [0.29, 0.717) is 24.5 Å². The Balaban J connectivity index is 1.43. The van der Waals surface area contributed by atoms with Crippen LogP contribution in [0.15, 0.2) is 24.4 Å². The fraction of sp³-hybridized carbons (Fsp3) is 0.600. The standard InChI is InChI=1S/C20H25F2N3O2/c21-20(22)9-7-16(8-10-20)27-17-6-1-13-12-23-19(25-18(13)11-17)24-14-2-4-15(26)5-3-14/h1,6,11-12,14-16,26H,2-5,7-10H2,(H,23,24,25). The lowest BCUT2D eigenvalue weighted by Gasteiger charge is -2.28. The van der Waals surface area contributed by atoms with Gasteiger partial charge < -0.3 is 15.2 Å². The van der Waals surface area contributed by atoms with Crippen molar-refractivity contribution in [3.05, 3.63) is 24.4 Å². The molecule has 2 saturated carbocycles. The highest BCUT2D eigenvalue weighted by Crippen LogP contribution is 2.35. The van der Waals surface area contributed by atoms with E-state index in [-0.39, 0.29) is 31.1 Å². The van der Waals surface area contributed by atoms with Gasteiger partial charge in [-0.3, -0.25) is 0 Å². The van der Waals surface area contributed by atoms with Crippen molar-refractivity contribution >= 4 is 16.9 Å². The summed E-state index contributed by atoms with van der Waals surface area (Å²) in [4.78, 5) is 8.95. The highest BCUT2D eigenvalue weighted by atomic mass is 19.3. The van der Waals surface area contributed by atoms with Crippen molar-refractivity contribution in [1.29, 1.82) is 0 Å². The minimum atomic E-state index is -2.55. The van der Waals surface area contributed by atoms with Gasteiger partial charge in [0.15, 0.2) is 0 Å². The van der Waals surface area contributed by atoms with Gasteiger partial charge in [0.25, 0.3) is 0 Å². The first-order valence-corrected chi connectivity index (χ1v) is 9.73. The molecule has 0 atom stereocenters. The number of fused-ring (bicyclic) bond motifs is 1. The number of nitrogens with one attached hydrogen (secondary N) is 1. The number of hydrogen-bond donors (Lipinski definition) is 2. The summed E-state index contributed by atoms with van der Waals surface area (Å²) in [5, 5.41) is 13.9. The summed E-state index contributed by atoms with van der Waals surface area (Å²) < 4.78 is 32.5. The van der Waals surface area contributed by atoms with E-state index in [0.717, 1.165) is 36.6 Å². The number of anilines is 1. The number of aliphatic hydroxyl groups is 1. The summed E-state index contributed by atoms with van der Waals surface area (Å²) in [5.41, 5.74) is 0.766. The summed E-state index contributed by atoms with van der Waals surface area (Å²) in [6.45, 7) is 0. The minimum absolute atomic E-state index is 0.114. The first kappa shape index (κ1) is 18.3. The summed E-state index contributed by atoms with van der Waals surface area (Å²) in [5.74, 6) is -1.33. The van der Waals surface area contributed by atoms with E-state index in [4.69, 9.17) is 4.74 Å². The van der Waals surface area contributed by atoms with Gasteiger partial charge in [0.2, 0.25) is 11.9 Å². The first-order chi connectivity index (χ1) is 13.0. The Morgan fingerprint density at radius 2 is 1.81 bits per heavy atom. The lowest BCUT2D eigenvalue weighted by atomic mass is 9.93. The largest absolute Gasteiger partial charge is 0.490 e. The molecule has 0 unspecified atom stereocenters. The molecule has 1 heterocycles. The van der Waals surface area contributed by atoms with E-state index < -0.39 is 5.92 Å². The van der Waals surface area contributed by atoms with Gasteiger partial charge in [-0.1, -0.05) is 0 Å². The molecule has 2 aromatic rings. The number of aromatic nitrogens is 2. The van der Waals surface area contributed by atoms with E-state index in [2.05, 4.69) is 15.3 Å². The number of alkyl halides is 2. The van der Waals surface area contributed by atoms with Crippen molar-refractivity contribution in [2.45, 2.75) is 75.5 Å². The van der Waals surface area contributed by atoms with E-state index in [9.17, 15) is 13.9 Å². The van der Waals surface area contributed by atoms with Crippen molar-refractivity contribution in [2.75, 3.05) is 5.32 Å². The van der Waals surface area contributed by atoms with Crippen molar-refractivity contribution in [1.82, 2.24) is 9.97 Å². The summed E-state index contributed by atoms with van der Waals surface area (Å²) in [6.07, 6.45) is 5.31. The number of benzene rings is 1. The summed E-state index contributed by atoms with van der Waals surface area (Å²) in [6, 6.07) is 5.85. The fourth-order valence-electron chi connectivity index (χ4n) is 3.87. The van der Waals surface area contributed by atoms with Gasteiger partial charge in [0.1, 0.15) is 5.75 Å². The second-order valence-electron chi connectivity index (χ2n) is 7.74. The number of ether oxygens (including phenoxy) is 1. The molecule has 7 heteroatoms. The normalized spacial score (nSPS) is 26.0. The predicted molar refractivity (Wildman–Crippen MR) is 99.3 cm³/mol. The van der Waals surface area contributed by atoms with Crippen LogP contribution in [0.4, 0.5) is 14.7 Å². The Hall–Kier alpha value is -2.02. The molecule has 2 aliphatic rings. The van der Waals surface area contributed by atoms with Crippen LogP contribution in [0.25, 0.3) is 10.9 Å². The molecule has 4 rings (SSSR count). The van der Waals surface area contributed by atoms with Crippen LogP contribution < -0.4 is 10.1 Å². The molecular weight excluding hydrogens is 352 g/mol. The third kappa shape index (κ3) is 4.64. The molecule has 0 radical (unpaired) electrons. The zero-order valence-corrected chi connectivity index (χ0v) is 15.2. The lowest BCUT2D eigenvalue weighted by molar-refractivity contribution is -0.0582. The third-order valence-corrected chi connectivity index (χ3v) is 5.55. The van der Waals surface area contributed by atoms with Crippen LogP contribution in [-0.2, 0) is 0 Å². The highest BCUT2D eigenvalue weighted by molar-refractivity contribution is 5.80. The smallest absolute Gasteiger partial charge is 0.248 e. The van der Waals surface area contributed by atoms with Crippen molar-refractivity contribution in [3.63, 3.8) is 0 Å². The fourth-order valence-corrected chi connectivity index (χ4v) is 3.87. The summed E-state index contributed by atoms with van der Waals surface area (Å²) >= 11 is 0. The van der Waals surface area contributed by atoms with Gasteiger partial charge in [-0.2, -0.15) is 0 Å². The lowest BCUT2D eigenvalue weighted by Crippen LogP contribution is -2.30. The SMILES string of the molecule is OC1CCC(Nc2ncc3ccc(OC4CCC(F)(F)CC4)cc3n2)CC1. The topological polar surface area (TPSA) is 67.3 Å². The number of halogens is 2. The zero-order valence-electron chi connectivity index (χ0n) is 15.2. The summed E-state index contributed by atoms with van der Waals surface area (Å²) in [7, 11) is 0. The molecule has 2 N–H and O–H groups in total. The average molecular weight is 377 g/mol. The minimum Gasteiger partial charge on any atom is -0.490 e. The maximum Gasteiger partial charge on any atom is 0.248 e. The molecule has 27 heavy (non-hydrogen) atoms. The number of hydrogen-bond acceptors (Lipinski definition) is 5. The first-order valence-electron chi connectivity index (χ1n) is 9.73. The van der Waals surface area contributed by atoms with Crippen molar-refractivity contribution < 1.29 is 18.6 Å². The number of aliphatic hydroxyl groups excluding tert-OH is 1. The molecule has 5 nitrogen and oxygen atoms in total. The Morgan fingerprint density at radius 1 is 1.07 bits per heavy atom. The van der Waals surface area contributed by atoms with Crippen LogP contribution in [0.5, 0.6) is 5.75 Å². The van der Waals surface area contributed by atoms with Gasteiger partial charge in [0.05, 0.1) is 17.7 Å². The third-order valence-electron chi connectivity index (χ3n) is 5.55. The van der Waals surface area contributed by atoms with Gasteiger partial charge in [0, 0.05) is 36.5 Å². The van der Waals surface area contributed by atoms with Crippen LogP contribution in [0.3, 0.4) is 0 Å². The van der Waals surface area contributed by atoms with E-state index in [1.54, 1.807) is 6.20 Å². The number of nitrogens with zero attached hydrogens (tertiary/aromatic N) is 2. The molecule has 2 aliphatic carbocycles. The van der Waals surface area contributed by atoms with Gasteiger partial charge in [-0.15, -0.1) is 0 Å². The Bertz CT molecular complexity index is 784. The molecule has 1 aromatic carbocycles. The van der Waals surface area contributed by atoms with Crippen LogP contribution in [-0.4, -0.2) is 39.2 Å². The molecule has 0 aliphatic heterocycles. The van der Waals surface area contributed by atoms with Crippen LogP contribution in [0.2, 0.25) is 0 Å².